The summed E-state index contributed by atoms with van der Waals surface area (Å²) in [5.41, 5.74) is 2.61. The van der Waals surface area contributed by atoms with Gasteiger partial charge in [-0.2, -0.15) is 0 Å². The second-order valence-corrected chi connectivity index (χ2v) is 5.77. The van der Waals surface area contributed by atoms with E-state index < -0.39 is 6.10 Å². The van der Waals surface area contributed by atoms with Gasteiger partial charge in [0.25, 0.3) is 0 Å². The lowest BCUT2D eigenvalue weighted by Gasteiger charge is -2.12. The van der Waals surface area contributed by atoms with Gasteiger partial charge in [-0.05, 0) is 18.1 Å². The van der Waals surface area contributed by atoms with Crippen LogP contribution in [0.5, 0.6) is 0 Å². The Hall–Kier alpha value is -1.36. The summed E-state index contributed by atoms with van der Waals surface area (Å²) in [6.45, 7) is 1.94. The number of aliphatic hydroxyl groups excluding tert-OH is 1. The molecule has 0 saturated heterocycles. The highest BCUT2D eigenvalue weighted by Gasteiger charge is 2.15. The summed E-state index contributed by atoms with van der Waals surface area (Å²) >= 11 is 7.81. The summed E-state index contributed by atoms with van der Waals surface area (Å²) in [7, 11) is 0. The third-order valence-corrected chi connectivity index (χ3v) is 4.41. The average molecular weight is 293 g/mol. The quantitative estimate of drug-likeness (QED) is 0.800. The standard InChI is InChI=1S/C14H13ClN2OS/c1-9-3-2-4-11(13(9)15)12(18)7-10-8-17-5-6-19-14(17)16-10/h2-6,8,12,18H,7H2,1H3. The van der Waals surface area contributed by atoms with Gasteiger partial charge in [-0.1, -0.05) is 29.8 Å². The number of aryl methyl sites for hydroxylation is 1. The van der Waals surface area contributed by atoms with Gasteiger partial charge in [0.2, 0.25) is 0 Å². The van der Waals surface area contributed by atoms with E-state index in [1.54, 1.807) is 11.3 Å². The first kappa shape index (κ1) is 12.7. The molecule has 3 rings (SSSR count). The van der Waals surface area contributed by atoms with Crippen molar-refractivity contribution in [1.29, 1.82) is 0 Å². The fourth-order valence-corrected chi connectivity index (χ4v) is 3.08. The van der Waals surface area contributed by atoms with Crippen molar-refractivity contribution in [2.24, 2.45) is 0 Å². The third-order valence-electron chi connectivity index (χ3n) is 3.13. The van der Waals surface area contributed by atoms with Crippen LogP contribution < -0.4 is 0 Å². The largest absolute Gasteiger partial charge is 0.388 e. The van der Waals surface area contributed by atoms with E-state index >= 15 is 0 Å². The molecule has 0 aliphatic rings. The first-order chi connectivity index (χ1) is 9.15. The van der Waals surface area contributed by atoms with Crippen molar-refractivity contribution in [3.05, 3.63) is 57.8 Å². The van der Waals surface area contributed by atoms with Crippen molar-refractivity contribution >= 4 is 27.9 Å². The molecule has 1 unspecified atom stereocenters. The highest BCUT2D eigenvalue weighted by Crippen LogP contribution is 2.28. The van der Waals surface area contributed by atoms with Crippen molar-refractivity contribution in [1.82, 2.24) is 9.38 Å². The molecule has 5 heteroatoms. The summed E-state index contributed by atoms with van der Waals surface area (Å²) in [5.74, 6) is 0. The molecule has 1 aromatic carbocycles. The van der Waals surface area contributed by atoms with Crippen LogP contribution >= 0.6 is 22.9 Å². The normalized spacial score (nSPS) is 13.0. The summed E-state index contributed by atoms with van der Waals surface area (Å²) in [5, 5.41) is 12.9. The van der Waals surface area contributed by atoms with Crippen LogP contribution in [0.2, 0.25) is 5.02 Å². The lowest BCUT2D eigenvalue weighted by molar-refractivity contribution is 0.177. The Bertz CT molecular complexity index is 691. The SMILES string of the molecule is Cc1cccc(C(O)Cc2cn3ccsc3n2)c1Cl. The first-order valence-electron chi connectivity index (χ1n) is 5.99. The van der Waals surface area contributed by atoms with Crippen molar-refractivity contribution in [3.63, 3.8) is 0 Å². The number of aliphatic hydroxyl groups is 1. The number of rotatable bonds is 3. The summed E-state index contributed by atoms with van der Waals surface area (Å²) in [4.78, 5) is 5.41. The number of fused-ring (bicyclic) bond motifs is 1. The van der Waals surface area contributed by atoms with Crippen molar-refractivity contribution in [2.45, 2.75) is 19.4 Å². The van der Waals surface area contributed by atoms with E-state index in [0.29, 0.717) is 11.4 Å². The number of thiazole rings is 1. The van der Waals surface area contributed by atoms with Crippen LogP contribution in [0.4, 0.5) is 0 Å². The molecule has 0 spiro atoms. The number of imidazole rings is 1. The smallest absolute Gasteiger partial charge is 0.193 e. The predicted molar refractivity (Wildman–Crippen MR) is 77.9 cm³/mol. The van der Waals surface area contributed by atoms with E-state index in [1.807, 2.05) is 47.3 Å². The molecule has 2 aromatic heterocycles. The van der Waals surface area contributed by atoms with Crippen LogP contribution in [-0.2, 0) is 6.42 Å². The predicted octanol–water partition coefficient (Wildman–Crippen LogP) is 3.63. The fraction of sp³-hybridized carbons (Fsp3) is 0.214. The van der Waals surface area contributed by atoms with Gasteiger partial charge in [-0.25, -0.2) is 4.98 Å². The number of hydrogen-bond acceptors (Lipinski definition) is 3. The van der Waals surface area contributed by atoms with Crippen LogP contribution in [-0.4, -0.2) is 14.5 Å². The maximum atomic E-state index is 10.3. The molecule has 0 aliphatic heterocycles. The van der Waals surface area contributed by atoms with E-state index in [0.717, 1.165) is 21.8 Å². The van der Waals surface area contributed by atoms with Crippen molar-refractivity contribution < 1.29 is 5.11 Å². The van der Waals surface area contributed by atoms with E-state index in [-0.39, 0.29) is 0 Å². The minimum Gasteiger partial charge on any atom is -0.388 e. The Labute approximate surface area is 120 Å². The van der Waals surface area contributed by atoms with Gasteiger partial charge < -0.3 is 5.11 Å². The Balaban J connectivity index is 1.86. The molecule has 0 saturated carbocycles. The Morgan fingerprint density at radius 3 is 3.11 bits per heavy atom. The topological polar surface area (TPSA) is 37.5 Å². The Kier molecular flexibility index (Phi) is 3.31. The molecule has 0 aliphatic carbocycles. The van der Waals surface area contributed by atoms with Crippen molar-refractivity contribution in [3.8, 4) is 0 Å². The molecular weight excluding hydrogens is 280 g/mol. The van der Waals surface area contributed by atoms with Crippen LogP contribution in [0.1, 0.15) is 22.9 Å². The first-order valence-corrected chi connectivity index (χ1v) is 7.25. The summed E-state index contributed by atoms with van der Waals surface area (Å²) < 4.78 is 1.96. The van der Waals surface area contributed by atoms with Crippen LogP contribution in [0, 0.1) is 6.92 Å². The van der Waals surface area contributed by atoms with Gasteiger partial charge in [0.05, 0.1) is 11.8 Å². The molecule has 1 N–H and O–H groups in total. The van der Waals surface area contributed by atoms with E-state index in [9.17, 15) is 5.11 Å². The highest BCUT2D eigenvalue weighted by molar-refractivity contribution is 7.15. The molecule has 1 atom stereocenters. The molecule has 0 radical (unpaired) electrons. The Morgan fingerprint density at radius 1 is 1.47 bits per heavy atom. The highest BCUT2D eigenvalue weighted by atomic mass is 35.5. The van der Waals surface area contributed by atoms with Crippen LogP contribution in [0.25, 0.3) is 4.96 Å². The average Bonchev–Trinajstić information content (AvgIpc) is 2.93. The van der Waals surface area contributed by atoms with Gasteiger partial charge in [0.1, 0.15) is 0 Å². The molecule has 0 amide bonds. The summed E-state index contributed by atoms with van der Waals surface area (Å²) in [6, 6.07) is 5.70. The molecule has 3 nitrogen and oxygen atoms in total. The van der Waals surface area contributed by atoms with Gasteiger partial charge in [0.15, 0.2) is 4.96 Å². The molecule has 0 fully saturated rings. The van der Waals surface area contributed by atoms with E-state index in [4.69, 9.17) is 11.6 Å². The minimum absolute atomic E-state index is 0.470. The van der Waals surface area contributed by atoms with Crippen LogP contribution in [0.3, 0.4) is 0 Å². The van der Waals surface area contributed by atoms with Gasteiger partial charge in [-0.3, -0.25) is 4.40 Å². The zero-order chi connectivity index (χ0) is 13.4. The Morgan fingerprint density at radius 2 is 2.32 bits per heavy atom. The molecule has 0 bridgehead atoms. The van der Waals surface area contributed by atoms with Crippen molar-refractivity contribution in [2.75, 3.05) is 0 Å². The fourth-order valence-electron chi connectivity index (χ4n) is 2.11. The molecule has 98 valence electrons. The van der Waals surface area contributed by atoms with Gasteiger partial charge >= 0.3 is 0 Å². The molecular formula is C14H13ClN2OS. The monoisotopic (exact) mass is 292 g/mol. The third kappa shape index (κ3) is 2.39. The molecule has 2 heterocycles. The number of halogens is 1. The maximum Gasteiger partial charge on any atom is 0.193 e. The minimum atomic E-state index is -0.628. The van der Waals surface area contributed by atoms with Gasteiger partial charge in [-0.15, -0.1) is 11.3 Å². The zero-order valence-corrected chi connectivity index (χ0v) is 11.9. The van der Waals surface area contributed by atoms with Gasteiger partial charge in [0, 0.05) is 29.2 Å². The summed E-state index contributed by atoms with van der Waals surface area (Å²) in [6.07, 6.45) is 3.75. The molecule has 3 aromatic rings. The number of nitrogens with zero attached hydrogens (tertiary/aromatic N) is 2. The second-order valence-electron chi connectivity index (χ2n) is 4.52. The number of hydrogen-bond donors (Lipinski definition) is 1. The second kappa shape index (κ2) is 4.96. The number of benzene rings is 1. The van der Waals surface area contributed by atoms with Crippen LogP contribution in [0.15, 0.2) is 36.0 Å². The van der Waals surface area contributed by atoms with E-state index in [2.05, 4.69) is 4.98 Å². The maximum absolute atomic E-state index is 10.3. The van der Waals surface area contributed by atoms with E-state index in [1.165, 1.54) is 0 Å². The zero-order valence-electron chi connectivity index (χ0n) is 10.4. The lowest BCUT2D eigenvalue weighted by atomic mass is 10.0. The number of aromatic nitrogens is 2. The lowest BCUT2D eigenvalue weighted by Crippen LogP contribution is -2.03. The molecule has 19 heavy (non-hydrogen) atoms.